The number of hydrogen-bond donors (Lipinski definition) is 1. The summed E-state index contributed by atoms with van der Waals surface area (Å²) < 4.78 is 34.8. The number of aromatic nitrogens is 2. The molecule has 3 aromatic rings. The fraction of sp³-hybridized carbons (Fsp3) is 0.321. The fourth-order valence-corrected chi connectivity index (χ4v) is 5.87. The highest BCUT2D eigenvalue weighted by Crippen LogP contribution is 2.29. The highest BCUT2D eigenvalue weighted by Gasteiger charge is 2.26. The van der Waals surface area contributed by atoms with Crippen LogP contribution in [-0.4, -0.2) is 61.8 Å². The third-order valence-electron chi connectivity index (χ3n) is 6.30. The Morgan fingerprint density at radius 1 is 1.13 bits per heavy atom. The molecule has 1 aliphatic rings. The molecule has 0 spiro atoms. The molecular formula is C28H31N5O4S. The van der Waals surface area contributed by atoms with E-state index in [2.05, 4.69) is 5.32 Å². The van der Waals surface area contributed by atoms with E-state index in [0.717, 1.165) is 24.9 Å². The Hall–Kier alpha value is -3.78. The van der Waals surface area contributed by atoms with E-state index < -0.39 is 15.9 Å². The third-order valence-corrected chi connectivity index (χ3v) is 8.19. The van der Waals surface area contributed by atoms with Crippen LogP contribution >= 0.6 is 0 Å². The van der Waals surface area contributed by atoms with E-state index >= 15 is 0 Å². The minimum Gasteiger partial charge on any atom is -0.385 e. The minimum absolute atomic E-state index is 0.0756. The molecule has 0 aliphatic carbocycles. The number of hydrogen-bond acceptors (Lipinski definition) is 6. The van der Waals surface area contributed by atoms with Crippen LogP contribution in [0.1, 0.15) is 31.2 Å². The average Bonchev–Trinajstić information content (AvgIpc) is 3.39. The lowest BCUT2D eigenvalue weighted by molar-refractivity contribution is -0.117. The number of para-hydroxylation sites is 1. The second-order valence-electron chi connectivity index (χ2n) is 8.98. The summed E-state index contributed by atoms with van der Waals surface area (Å²) >= 11 is 0. The normalized spacial score (nSPS) is 14.7. The van der Waals surface area contributed by atoms with Crippen LogP contribution in [0.15, 0.2) is 71.3 Å². The van der Waals surface area contributed by atoms with Gasteiger partial charge in [0.25, 0.3) is 5.91 Å². The highest BCUT2D eigenvalue weighted by molar-refractivity contribution is 7.89. The monoisotopic (exact) mass is 533 g/mol. The van der Waals surface area contributed by atoms with Gasteiger partial charge in [0, 0.05) is 50.7 Å². The second-order valence-corrected chi connectivity index (χ2v) is 10.9. The first kappa shape index (κ1) is 27.3. The van der Waals surface area contributed by atoms with Crippen molar-refractivity contribution in [3.63, 3.8) is 0 Å². The van der Waals surface area contributed by atoms with Crippen LogP contribution in [-0.2, 0) is 19.6 Å². The largest absolute Gasteiger partial charge is 0.385 e. The highest BCUT2D eigenvalue weighted by atomic mass is 32.2. The number of nitrogens with zero attached hydrogens (tertiary/aromatic N) is 4. The Bertz CT molecular complexity index is 1440. The second kappa shape index (κ2) is 12.6. The molecule has 38 heavy (non-hydrogen) atoms. The number of carbonyl (C=O) groups excluding carboxylic acids is 1. The van der Waals surface area contributed by atoms with Crippen molar-refractivity contribution in [3.8, 4) is 23.0 Å². The van der Waals surface area contributed by atoms with Crippen molar-refractivity contribution in [2.24, 2.45) is 0 Å². The molecular weight excluding hydrogens is 502 g/mol. The van der Waals surface area contributed by atoms with E-state index in [0.29, 0.717) is 49.5 Å². The van der Waals surface area contributed by atoms with Crippen LogP contribution in [0, 0.1) is 11.3 Å². The van der Waals surface area contributed by atoms with Crippen LogP contribution in [0.2, 0.25) is 0 Å². The van der Waals surface area contributed by atoms with E-state index in [9.17, 15) is 18.5 Å². The number of ether oxygens (including phenoxy) is 1. The zero-order valence-corrected chi connectivity index (χ0v) is 22.2. The number of carbonyl (C=O) groups is 1. The predicted molar refractivity (Wildman–Crippen MR) is 145 cm³/mol. The fourth-order valence-electron chi connectivity index (χ4n) is 4.31. The van der Waals surface area contributed by atoms with Gasteiger partial charge in [0.15, 0.2) is 0 Å². The average molecular weight is 534 g/mol. The number of methoxy groups -OCH3 is 1. The Labute approximate surface area is 223 Å². The van der Waals surface area contributed by atoms with Gasteiger partial charge in [-0.1, -0.05) is 36.8 Å². The standard InChI is InChI=1S/C28H31N5O4S/c1-37-17-9-14-30-28(34)23(20-29)18-24-21-33(25-11-4-2-5-12-25)31-27(24)22-10-8-13-26(19-22)38(35,36)32-15-6-3-7-16-32/h2,4-5,8,10-13,18-19,21H,3,6-7,9,14-17H2,1H3,(H,30,34). The summed E-state index contributed by atoms with van der Waals surface area (Å²) in [6.07, 6.45) is 6.56. The number of piperidine rings is 1. The summed E-state index contributed by atoms with van der Waals surface area (Å²) in [6, 6.07) is 18.1. The maximum atomic E-state index is 13.3. The molecule has 0 bridgehead atoms. The van der Waals surface area contributed by atoms with Gasteiger partial charge in [-0.25, -0.2) is 13.1 Å². The van der Waals surface area contributed by atoms with Crippen molar-refractivity contribution in [3.05, 3.63) is 71.9 Å². The Kier molecular flexibility index (Phi) is 9.07. The Balaban J connectivity index is 1.74. The maximum Gasteiger partial charge on any atom is 0.261 e. The zero-order valence-electron chi connectivity index (χ0n) is 21.3. The first-order valence-electron chi connectivity index (χ1n) is 12.6. The summed E-state index contributed by atoms with van der Waals surface area (Å²) in [7, 11) is -2.07. The molecule has 1 fully saturated rings. The first-order chi connectivity index (χ1) is 18.4. The third kappa shape index (κ3) is 6.37. The van der Waals surface area contributed by atoms with Crippen molar-refractivity contribution in [2.75, 3.05) is 33.4 Å². The van der Waals surface area contributed by atoms with Crippen molar-refractivity contribution in [1.82, 2.24) is 19.4 Å². The SMILES string of the molecule is COCCCNC(=O)C(C#N)=Cc1cn(-c2ccccc2)nc1-c1cccc(S(=O)(=O)N2CCCCC2)c1. The van der Waals surface area contributed by atoms with Crippen molar-refractivity contribution < 1.29 is 17.9 Å². The molecule has 2 aromatic carbocycles. The van der Waals surface area contributed by atoms with Crippen LogP contribution in [0.5, 0.6) is 0 Å². The topological polar surface area (TPSA) is 117 Å². The van der Waals surface area contributed by atoms with Crippen molar-refractivity contribution in [1.29, 1.82) is 5.26 Å². The van der Waals surface area contributed by atoms with Gasteiger partial charge >= 0.3 is 0 Å². The molecule has 1 amide bonds. The van der Waals surface area contributed by atoms with Gasteiger partial charge in [-0.2, -0.15) is 14.7 Å². The van der Waals surface area contributed by atoms with E-state index in [4.69, 9.17) is 9.84 Å². The molecule has 4 rings (SSSR count). The molecule has 9 nitrogen and oxygen atoms in total. The Morgan fingerprint density at radius 2 is 1.89 bits per heavy atom. The van der Waals surface area contributed by atoms with Gasteiger partial charge in [0.05, 0.1) is 10.6 Å². The van der Waals surface area contributed by atoms with Gasteiger partial charge in [-0.05, 0) is 49.6 Å². The van der Waals surface area contributed by atoms with Gasteiger partial charge < -0.3 is 10.1 Å². The maximum absolute atomic E-state index is 13.3. The molecule has 0 unspecified atom stereocenters. The van der Waals surface area contributed by atoms with Crippen molar-refractivity contribution in [2.45, 2.75) is 30.6 Å². The molecule has 198 valence electrons. The number of amides is 1. The summed E-state index contributed by atoms with van der Waals surface area (Å²) in [6.45, 7) is 1.89. The Morgan fingerprint density at radius 3 is 2.61 bits per heavy atom. The molecule has 1 aromatic heterocycles. The minimum atomic E-state index is -3.65. The van der Waals surface area contributed by atoms with Crippen LogP contribution in [0.25, 0.3) is 23.0 Å². The lowest BCUT2D eigenvalue weighted by Crippen LogP contribution is -2.35. The van der Waals surface area contributed by atoms with Crippen LogP contribution < -0.4 is 5.32 Å². The molecule has 0 radical (unpaired) electrons. The van der Waals surface area contributed by atoms with E-state index in [1.807, 2.05) is 36.4 Å². The first-order valence-corrected chi connectivity index (χ1v) is 14.0. The molecule has 1 saturated heterocycles. The number of sulfonamides is 1. The lowest BCUT2D eigenvalue weighted by Gasteiger charge is -2.26. The summed E-state index contributed by atoms with van der Waals surface area (Å²) in [5.74, 6) is -0.497. The quantitative estimate of drug-likeness (QED) is 0.241. The van der Waals surface area contributed by atoms with Crippen molar-refractivity contribution >= 4 is 22.0 Å². The van der Waals surface area contributed by atoms with Gasteiger partial charge in [-0.3, -0.25) is 4.79 Å². The van der Waals surface area contributed by atoms with Crippen LogP contribution in [0.4, 0.5) is 0 Å². The molecule has 2 heterocycles. The number of nitriles is 1. The summed E-state index contributed by atoms with van der Waals surface area (Å²) in [5.41, 5.74) is 2.26. The van der Waals surface area contributed by atoms with E-state index in [1.165, 1.54) is 10.4 Å². The summed E-state index contributed by atoms with van der Waals surface area (Å²) in [5, 5.41) is 17.2. The summed E-state index contributed by atoms with van der Waals surface area (Å²) in [4.78, 5) is 12.9. The van der Waals surface area contributed by atoms with Gasteiger partial charge in [0.1, 0.15) is 17.3 Å². The molecule has 1 aliphatic heterocycles. The molecule has 1 N–H and O–H groups in total. The number of rotatable bonds is 10. The lowest BCUT2D eigenvalue weighted by atomic mass is 10.1. The van der Waals surface area contributed by atoms with E-state index in [-0.39, 0.29) is 10.5 Å². The van der Waals surface area contributed by atoms with E-state index in [1.54, 1.807) is 42.3 Å². The predicted octanol–water partition coefficient (Wildman–Crippen LogP) is 3.77. The molecule has 0 saturated carbocycles. The molecule has 0 atom stereocenters. The smallest absolute Gasteiger partial charge is 0.261 e. The number of benzene rings is 2. The van der Waals surface area contributed by atoms with Gasteiger partial charge in [0.2, 0.25) is 10.0 Å². The number of nitrogens with one attached hydrogen (secondary N) is 1. The van der Waals surface area contributed by atoms with Crippen LogP contribution in [0.3, 0.4) is 0 Å². The van der Waals surface area contributed by atoms with Gasteiger partial charge in [-0.15, -0.1) is 0 Å². The zero-order chi connectivity index (χ0) is 27.0. The molecule has 10 heteroatoms.